The van der Waals surface area contributed by atoms with Crippen molar-refractivity contribution in [3.63, 3.8) is 0 Å². The molecule has 21 valence electrons. The summed E-state index contributed by atoms with van der Waals surface area (Å²) in [6.45, 7) is 0. The van der Waals surface area contributed by atoms with E-state index >= 15 is 0 Å². The molecule has 0 saturated heterocycles. The quantitative estimate of drug-likeness (QED) is 0.354. The molecule has 0 N–H and O–H groups in total. The molecule has 0 nitrogen and oxygen atoms in total. The van der Waals surface area contributed by atoms with Gasteiger partial charge >= 0.3 is 0 Å². The monoisotopic (exact) mass is 563 g/mol. The Morgan fingerprint density at radius 2 is 0.500 bits per heavy atom. The Bertz CT molecular complexity index is 3.25. The van der Waals surface area contributed by atoms with Crippen molar-refractivity contribution in [1.29, 1.82) is 0 Å². The summed E-state index contributed by atoms with van der Waals surface area (Å²) in [7, 11) is 0. The Hall–Kier alpha value is 2.13. The van der Waals surface area contributed by atoms with Crippen LogP contribution in [-0.4, -0.2) is 8.41 Å². The largest absolute Gasteiger partial charge is 0 e. The van der Waals surface area contributed by atoms with E-state index in [0.29, 0.717) is 0 Å². The van der Waals surface area contributed by atoms with Crippen LogP contribution in [0.15, 0.2) is 0 Å². The van der Waals surface area contributed by atoms with Gasteiger partial charge in [-0.05, 0) is 0 Å². The van der Waals surface area contributed by atoms with E-state index in [9.17, 15) is 0 Å². The molecule has 3 radical (unpaired) electrons. The van der Waals surface area contributed by atoms with Gasteiger partial charge in [0.1, 0.15) is 0 Å². The summed E-state index contributed by atoms with van der Waals surface area (Å²) in [5.41, 5.74) is 0. The average Bonchev–Trinajstić information content (AvgIpc) is 0. The zero-order valence-electron chi connectivity index (χ0n) is 1.80. The van der Waals surface area contributed by atoms with E-state index in [0.717, 1.165) is 0 Å². The first-order valence-corrected chi connectivity index (χ1v) is 0. The minimum atomic E-state index is 0. The summed E-state index contributed by atoms with van der Waals surface area (Å²) in [5, 5.41) is 0. The summed E-state index contributed by atoms with van der Waals surface area (Å²) < 4.78 is 0. The molecule has 0 rings (SSSR count). The third-order valence-corrected chi connectivity index (χ3v) is 0. The molecule has 4 heteroatoms. The average molecular weight is 562 g/mol. The summed E-state index contributed by atoms with van der Waals surface area (Å²) in [5.74, 6) is 0. The first-order chi connectivity index (χ1) is 0. The minimum Gasteiger partial charge on any atom is 0 e. The van der Waals surface area contributed by atoms with Gasteiger partial charge in [0.15, 0.2) is 0 Å². The minimum absolute atomic E-state index is 0. The zero-order chi connectivity index (χ0) is 0. The van der Waals surface area contributed by atoms with Gasteiger partial charge in [-0.15, -0.1) is 0 Å². The normalized spacial score (nSPS) is 0. The van der Waals surface area contributed by atoms with Gasteiger partial charge in [0.05, 0.1) is 0 Å². The van der Waals surface area contributed by atoms with E-state index in [2.05, 4.69) is 0 Å². The van der Waals surface area contributed by atoms with E-state index in [-0.39, 0.29) is 71.6 Å². The summed E-state index contributed by atoms with van der Waals surface area (Å²) in [6, 6.07) is 0. The Morgan fingerprint density at radius 1 is 0.500 bits per heavy atom. The molecule has 0 aromatic carbocycles. The molecule has 4 heavy (non-hydrogen) atoms. The van der Waals surface area contributed by atoms with Crippen LogP contribution in [0, 0.1) is 0 Å². The van der Waals surface area contributed by atoms with E-state index in [1.165, 1.54) is 0 Å². The molecule has 0 heterocycles. The van der Waals surface area contributed by atoms with E-state index in [4.69, 9.17) is 0 Å². The number of rotatable bonds is 0. The third-order valence-electron chi connectivity index (χ3n) is 0. The topological polar surface area (TPSA) is 0 Å². The van der Waals surface area contributed by atoms with Crippen molar-refractivity contribution in [2.45, 2.75) is 0 Å². The molecule has 0 bridgehead atoms. The Morgan fingerprint density at radius 3 is 0.500 bits per heavy atom. The van der Waals surface area contributed by atoms with Crippen molar-refractivity contribution in [3.05, 3.63) is 0 Å². The molecule has 0 unspecified atom stereocenters. The van der Waals surface area contributed by atoms with E-state index < -0.39 is 0 Å². The predicted octanol–water partition coefficient (Wildman–Crippen LogP) is -0.388. The molecule has 0 aliphatic carbocycles. The maximum atomic E-state index is 0. The number of hydrogen-bond donors (Lipinski definition) is 0. The molecule has 0 saturated carbocycles. The molecule has 0 aromatic heterocycles. The number of hydrogen-bond acceptors (Lipinski definition) is 0. The molecule has 0 fully saturated rings. The first-order valence-electron chi connectivity index (χ1n) is 0. The van der Waals surface area contributed by atoms with Crippen molar-refractivity contribution in [2.24, 2.45) is 0 Å². The predicted molar refractivity (Wildman–Crippen MR) is 5.75 cm³/mol. The SMILES string of the molecule is [B].[W].[W].[W]. The molecule has 0 aliphatic rings. The Kier molecular flexibility index (Phi) is 171. The maximum Gasteiger partial charge on any atom is 0 e. The summed E-state index contributed by atoms with van der Waals surface area (Å²) >= 11 is 0. The van der Waals surface area contributed by atoms with Crippen molar-refractivity contribution >= 4 is 8.41 Å². The van der Waals surface area contributed by atoms with Crippen LogP contribution >= 0.6 is 0 Å². The van der Waals surface area contributed by atoms with Crippen LogP contribution in [0.4, 0.5) is 0 Å². The second kappa shape index (κ2) is 19.3. The van der Waals surface area contributed by atoms with Crippen LogP contribution in [-0.2, 0) is 63.2 Å². The van der Waals surface area contributed by atoms with E-state index in [1.54, 1.807) is 0 Å². The van der Waals surface area contributed by atoms with Crippen molar-refractivity contribution in [1.82, 2.24) is 0 Å². The van der Waals surface area contributed by atoms with Gasteiger partial charge in [-0.3, -0.25) is 0 Å². The van der Waals surface area contributed by atoms with Gasteiger partial charge in [-0.2, -0.15) is 0 Å². The van der Waals surface area contributed by atoms with Crippen LogP contribution in [0.3, 0.4) is 0 Å². The fourth-order valence-corrected chi connectivity index (χ4v) is 0. The third kappa shape index (κ3) is 8.92. The Balaban J connectivity index is 0. The van der Waals surface area contributed by atoms with Crippen LogP contribution in [0.5, 0.6) is 0 Å². The summed E-state index contributed by atoms with van der Waals surface area (Å²) in [6.07, 6.45) is 0. The maximum absolute atomic E-state index is 0. The standard InChI is InChI=1S/B.3W. The molecular formula is BW3. The Labute approximate surface area is 70.9 Å². The van der Waals surface area contributed by atoms with Gasteiger partial charge in [0.25, 0.3) is 0 Å². The van der Waals surface area contributed by atoms with E-state index in [1.807, 2.05) is 0 Å². The van der Waals surface area contributed by atoms with Crippen molar-refractivity contribution < 1.29 is 63.2 Å². The second-order valence-corrected chi connectivity index (χ2v) is 0. The van der Waals surface area contributed by atoms with Crippen molar-refractivity contribution in [2.75, 3.05) is 0 Å². The van der Waals surface area contributed by atoms with Gasteiger partial charge < -0.3 is 0 Å². The van der Waals surface area contributed by atoms with Gasteiger partial charge in [0.2, 0.25) is 0 Å². The molecular weight excluding hydrogens is 562 g/mol. The molecule has 0 spiro atoms. The summed E-state index contributed by atoms with van der Waals surface area (Å²) in [4.78, 5) is 0. The zero-order valence-corrected chi connectivity index (χ0v) is 10.6. The molecule has 0 atom stereocenters. The van der Waals surface area contributed by atoms with Crippen LogP contribution in [0.1, 0.15) is 0 Å². The fourth-order valence-electron chi connectivity index (χ4n) is 0. The fraction of sp³-hybridized carbons (Fsp3) is 0. The van der Waals surface area contributed by atoms with Gasteiger partial charge in [0, 0.05) is 71.6 Å². The second-order valence-electron chi connectivity index (χ2n) is 0. The van der Waals surface area contributed by atoms with Gasteiger partial charge in [-0.1, -0.05) is 0 Å². The smallest absolute Gasteiger partial charge is 0 e. The van der Waals surface area contributed by atoms with Crippen molar-refractivity contribution in [3.8, 4) is 0 Å². The van der Waals surface area contributed by atoms with Crippen LogP contribution in [0.25, 0.3) is 0 Å². The van der Waals surface area contributed by atoms with Crippen LogP contribution < -0.4 is 0 Å². The van der Waals surface area contributed by atoms with Crippen LogP contribution in [0.2, 0.25) is 0 Å². The molecule has 0 aliphatic heterocycles. The molecule has 0 aromatic rings. The molecule has 0 amide bonds. The first kappa shape index (κ1) is 35.6. The van der Waals surface area contributed by atoms with Gasteiger partial charge in [-0.25, -0.2) is 0 Å².